The third kappa shape index (κ3) is 7.83. The van der Waals surface area contributed by atoms with Crippen LogP contribution in [-0.2, 0) is 23.6 Å². The Morgan fingerprint density at radius 1 is 1.14 bits per heavy atom. The number of carboxylic acids is 1. The molecule has 0 aromatic heterocycles. The second-order valence-corrected chi connectivity index (χ2v) is 12.9. The molecule has 2 amide bonds. The van der Waals surface area contributed by atoms with E-state index in [1.54, 1.807) is 32.7 Å². The lowest BCUT2D eigenvalue weighted by atomic mass is 9.80. The SMILES string of the molecule is CC(C)C(NC(=O)OC(C)(C)C)C(=O)N(C)[C@H]1CN[C@](CCCCB2OC(C)(C)C(C)(C)O2)(C(=O)O)C1. The molecule has 0 aromatic carbocycles. The monoisotopic (exact) mass is 525 g/mol. The number of nitrogens with one attached hydrogen (secondary N) is 2. The predicted molar refractivity (Wildman–Crippen MR) is 142 cm³/mol. The van der Waals surface area contributed by atoms with Crippen LogP contribution in [0.2, 0.25) is 6.32 Å². The Morgan fingerprint density at radius 2 is 1.70 bits per heavy atom. The first-order valence-electron chi connectivity index (χ1n) is 13.4. The average Bonchev–Trinajstić information content (AvgIpc) is 3.25. The zero-order valence-electron chi connectivity index (χ0n) is 24.4. The highest BCUT2D eigenvalue weighted by atomic mass is 16.7. The number of alkyl carbamates (subject to hydrolysis) is 1. The maximum absolute atomic E-state index is 13.3. The number of ether oxygens (including phenoxy) is 1. The van der Waals surface area contributed by atoms with Crippen LogP contribution in [0.5, 0.6) is 0 Å². The molecule has 2 aliphatic heterocycles. The van der Waals surface area contributed by atoms with Crippen molar-refractivity contribution in [2.75, 3.05) is 13.6 Å². The van der Waals surface area contributed by atoms with Gasteiger partial charge in [0.05, 0.1) is 11.2 Å². The minimum Gasteiger partial charge on any atom is -0.480 e. The Kier molecular flexibility index (Phi) is 9.75. The molecule has 37 heavy (non-hydrogen) atoms. The van der Waals surface area contributed by atoms with Gasteiger partial charge in [-0.1, -0.05) is 26.7 Å². The molecule has 2 heterocycles. The van der Waals surface area contributed by atoms with Gasteiger partial charge in [-0.15, -0.1) is 0 Å². The molecule has 2 fully saturated rings. The van der Waals surface area contributed by atoms with Crippen molar-refractivity contribution in [2.45, 2.75) is 129 Å². The molecule has 3 atom stereocenters. The van der Waals surface area contributed by atoms with E-state index in [-0.39, 0.29) is 42.6 Å². The highest BCUT2D eigenvalue weighted by molar-refractivity contribution is 6.45. The summed E-state index contributed by atoms with van der Waals surface area (Å²) >= 11 is 0. The maximum atomic E-state index is 13.3. The van der Waals surface area contributed by atoms with E-state index in [9.17, 15) is 19.5 Å². The highest BCUT2D eigenvalue weighted by Gasteiger charge is 2.51. The van der Waals surface area contributed by atoms with Gasteiger partial charge in [-0.25, -0.2) is 4.79 Å². The van der Waals surface area contributed by atoms with E-state index >= 15 is 0 Å². The van der Waals surface area contributed by atoms with Crippen molar-refractivity contribution in [1.29, 1.82) is 0 Å². The summed E-state index contributed by atoms with van der Waals surface area (Å²) in [6, 6.07) is -1.09. The fourth-order valence-electron chi connectivity index (χ4n) is 4.76. The smallest absolute Gasteiger partial charge is 0.457 e. The van der Waals surface area contributed by atoms with Gasteiger partial charge in [-0.2, -0.15) is 0 Å². The van der Waals surface area contributed by atoms with Crippen LogP contribution < -0.4 is 10.6 Å². The molecule has 10 nitrogen and oxygen atoms in total. The average molecular weight is 525 g/mol. The van der Waals surface area contributed by atoms with Crippen molar-refractivity contribution in [2.24, 2.45) is 5.92 Å². The Morgan fingerprint density at radius 3 is 2.19 bits per heavy atom. The lowest BCUT2D eigenvalue weighted by Gasteiger charge is -2.32. The van der Waals surface area contributed by atoms with Gasteiger partial charge >= 0.3 is 19.2 Å². The molecule has 0 spiro atoms. The Labute approximate surface area is 222 Å². The molecule has 11 heteroatoms. The molecule has 0 aliphatic carbocycles. The Balaban J connectivity index is 1.95. The van der Waals surface area contributed by atoms with Crippen LogP contribution in [0, 0.1) is 5.92 Å². The van der Waals surface area contributed by atoms with E-state index in [4.69, 9.17) is 14.0 Å². The third-order valence-corrected chi connectivity index (χ3v) is 7.77. The summed E-state index contributed by atoms with van der Waals surface area (Å²) in [5.74, 6) is -1.36. The highest BCUT2D eigenvalue weighted by Crippen LogP contribution is 2.38. The topological polar surface area (TPSA) is 126 Å². The number of aliphatic carboxylic acids is 1. The minimum atomic E-state index is -1.11. The summed E-state index contributed by atoms with van der Waals surface area (Å²) in [4.78, 5) is 39.5. The minimum absolute atomic E-state index is 0.170. The first kappa shape index (κ1) is 31.4. The molecule has 2 rings (SSSR count). The Hall–Kier alpha value is -1.85. The number of carbonyl (C=O) groups is 3. The van der Waals surface area contributed by atoms with E-state index in [0.29, 0.717) is 25.7 Å². The number of hydrogen-bond donors (Lipinski definition) is 3. The zero-order chi connectivity index (χ0) is 28.4. The number of hydrogen-bond acceptors (Lipinski definition) is 7. The summed E-state index contributed by atoms with van der Waals surface area (Å²) < 4.78 is 17.4. The molecule has 0 bridgehead atoms. The van der Waals surface area contributed by atoms with Crippen molar-refractivity contribution >= 4 is 25.1 Å². The lowest BCUT2D eigenvalue weighted by molar-refractivity contribution is -0.145. The first-order chi connectivity index (χ1) is 16.8. The molecule has 1 unspecified atom stereocenters. The van der Waals surface area contributed by atoms with Gasteiger partial charge in [0, 0.05) is 19.6 Å². The maximum Gasteiger partial charge on any atom is 0.457 e. The molecule has 0 aromatic rings. The van der Waals surface area contributed by atoms with Gasteiger partial charge in [0.1, 0.15) is 17.2 Å². The Bertz CT molecular complexity index is 827. The van der Waals surface area contributed by atoms with Gasteiger partial charge in [-0.05, 0) is 73.5 Å². The fraction of sp³-hybridized carbons (Fsp3) is 0.885. The second kappa shape index (κ2) is 11.5. The van der Waals surface area contributed by atoms with E-state index in [0.717, 1.165) is 6.42 Å². The standard InChI is InChI=1S/C26H48BN3O7/c1-17(2)19(29-22(34)35-23(3,4)5)20(31)30(10)18-15-26(21(32)33,28-16-18)13-11-12-14-27-36-24(6,7)25(8,9)37-27/h17-19,28H,11-16H2,1-10H3,(H,29,34)(H,32,33)/t18-,19?,26+/m1/s1. The molecule has 3 N–H and O–H groups in total. The molecule has 0 saturated carbocycles. The van der Waals surface area contributed by atoms with E-state index in [1.807, 2.05) is 41.5 Å². The zero-order valence-corrected chi connectivity index (χ0v) is 24.4. The molecular weight excluding hydrogens is 477 g/mol. The number of nitrogens with zero attached hydrogens (tertiary/aromatic N) is 1. The number of likely N-dealkylation sites (N-methyl/N-ethyl adjacent to an activating group) is 1. The molecule has 212 valence electrons. The number of carboxylic acid groups (broad SMARTS) is 1. The fourth-order valence-corrected chi connectivity index (χ4v) is 4.76. The van der Waals surface area contributed by atoms with Crippen molar-refractivity contribution < 1.29 is 33.5 Å². The molecule has 2 saturated heterocycles. The number of amides is 2. The largest absolute Gasteiger partial charge is 0.480 e. The lowest BCUT2D eigenvalue weighted by Crippen LogP contribution is -2.53. The number of carbonyl (C=O) groups excluding carboxylic acids is 2. The number of unbranched alkanes of at least 4 members (excludes halogenated alkanes) is 1. The molecule has 2 aliphatic rings. The quantitative estimate of drug-likeness (QED) is 0.293. The van der Waals surface area contributed by atoms with Crippen LogP contribution in [0.15, 0.2) is 0 Å². The van der Waals surface area contributed by atoms with Crippen LogP contribution >= 0.6 is 0 Å². The van der Waals surface area contributed by atoms with Crippen LogP contribution in [0.3, 0.4) is 0 Å². The second-order valence-electron chi connectivity index (χ2n) is 12.9. The van der Waals surface area contributed by atoms with E-state index < -0.39 is 29.2 Å². The third-order valence-electron chi connectivity index (χ3n) is 7.77. The van der Waals surface area contributed by atoms with Gasteiger partial charge < -0.3 is 29.4 Å². The normalized spacial score (nSPS) is 25.7. The van der Waals surface area contributed by atoms with Gasteiger partial charge in [0.2, 0.25) is 5.91 Å². The molecule has 0 radical (unpaired) electrons. The van der Waals surface area contributed by atoms with Crippen molar-refractivity contribution in [3.63, 3.8) is 0 Å². The van der Waals surface area contributed by atoms with Crippen LogP contribution in [0.1, 0.15) is 88.0 Å². The van der Waals surface area contributed by atoms with E-state index in [1.165, 1.54) is 0 Å². The summed E-state index contributed by atoms with van der Waals surface area (Å²) in [6.45, 7) is 17.4. The van der Waals surface area contributed by atoms with Gasteiger partial charge in [-0.3, -0.25) is 14.9 Å². The van der Waals surface area contributed by atoms with Crippen molar-refractivity contribution in [3.8, 4) is 0 Å². The molecular formula is C26H48BN3O7. The first-order valence-corrected chi connectivity index (χ1v) is 13.4. The summed E-state index contributed by atoms with van der Waals surface area (Å²) in [7, 11) is 1.36. The van der Waals surface area contributed by atoms with Crippen molar-refractivity contribution in [3.05, 3.63) is 0 Å². The van der Waals surface area contributed by atoms with Crippen LogP contribution in [0.4, 0.5) is 4.79 Å². The summed E-state index contributed by atoms with van der Waals surface area (Å²) in [6.07, 6.45) is 2.21. The van der Waals surface area contributed by atoms with E-state index in [2.05, 4.69) is 10.6 Å². The van der Waals surface area contributed by atoms with Gasteiger partial charge in [0.25, 0.3) is 0 Å². The number of rotatable bonds is 10. The summed E-state index contributed by atoms with van der Waals surface area (Å²) in [5.41, 5.74) is -2.56. The van der Waals surface area contributed by atoms with Crippen molar-refractivity contribution in [1.82, 2.24) is 15.5 Å². The van der Waals surface area contributed by atoms with Crippen LogP contribution in [0.25, 0.3) is 0 Å². The van der Waals surface area contributed by atoms with Gasteiger partial charge in [0.15, 0.2) is 0 Å². The summed E-state index contributed by atoms with van der Waals surface area (Å²) in [5, 5.41) is 16.0. The van der Waals surface area contributed by atoms with Crippen LogP contribution in [-0.4, -0.2) is 83.1 Å². The predicted octanol–water partition coefficient (Wildman–Crippen LogP) is 3.44.